The van der Waals surface area contributed by atoms with Gasteiger partial charge in [0.15, 0.2) is 5.96 Å². The van der Waals surface area contributed by atoms with E-state index in [0.29, 0.717) is 0 Å². The molecule has 9 atom stereocenters. The fourth-order valence-electron chi connectivity index (χ4n) is 6.30. The van der Waals surface area contributed by atoms with E-state index in [1.807, 2.05) is 0 Å². The molecule has 0 spiro atoms. The van der Waals surface area contributed by atoms with Gasteiger partial charge in [-0.15, -0.1) is 0 Å². The summed E-state index contributed by atoms with van der Waals surface area (Å²) in [6.45, 7) is 12.0. The first kappa shape index (κ1) is 62.4. The number of carbonyl (C=O) groups is 11. The Bertz CT molecular complexity index is 1820. The lowest BCUT2D eigenvalue weighted by atomic mass is 9.99. The van der Waals surface area contributed by atoms with Gasteiger partial charge >= 0.3 is 11.9 Å². The first-order valence-electron chi connectivity index (χ1n) is 22.6. The standard InChI is InChI=1S/C42H75N13O14/c1-19(2)16-27(37(64)51-26(41(68)69)10-9-15-47-42(45)46)52-36(63)24(11-13-30(44)57)50-35(62)25(12-14-31(58)59)49-34(61)23(8)48-39(66)29(18-56)54-38(65)28(17-20(3)4)53-40(67)32(21(5)6)55-33(60)22(7)43/h19-29,32,56H,9-18,43H2,1-8H3,(H2,44,57)(H,48,66)(H,49,61)(H,50,62)(H,51,64)(H,52,63)(H,53,67)(H,54,65)(H,55,60)(H,58,59)(H,68,69)(H4,45,46,47)/t22-,23-,24-,25-,26-,27-,28-,29-,32-/m0/s1. The third kappa shape index (κ3) is 25.3. The highest BCUT2D eigenvalue weighted by molar-refractivity contribution is 5.98. The molecule has 392 valence electrons. The maximum absolute atomic E-state index is 13.7. The van der Waals surface area contributed by atoms with Crippen LogP contribution < -0.4 is 65.5 Å². The second kappa shape index (κ2) is 31.4. The van der Waals surface area contributed by atoms with Crippen LogP contribution in [0.4, 0.5) is 0 Å². The lowest BCUT2D eigenvalue weighted by Crippen LogP contribution is -2.61. The average molecular weight is 986 g/mol. The van der Waals surface area contributed by atoms with Crippen molar-refractivity contribution in [3.05, 3.63) is 0 Å². The van der Waals surface area contributed by atoms with Crippen LogP contribution in [-0.4, -0.2) is 154 Å². The van der Waals surface area contributed by atoms with Gasteiger partial charge in [-0.05, 0) is 70.1 Å². The van der Waals surface area contributed by atoms with Crippen molar-refractivity contribution in [3.63, 3.8) is 0 Å². The molecule has 0 aliphatic carbocycles. The van der Waals surface area contributed by atoms with E-state index in [9.17, 15) is 68.1 Å². The Balaban J connectivity index is 6.28. The number of primary amides is 1. The summed E-state index contributed by atoms with van der Waals surface area (Å²) in [5.41, 5.74) is 21.6. The van der Waals surface area contributed by atoms with E-state index in [1.54, 1.807) is 41.5 Å². The quantitative estimate of drug-likeness (QED) is 0.0167. The molecule has 0 saturated carbocycles. The number of hydrogen-bond acceptors (Lipinski definition) is 14. The highest BCUT2D eigenvalue weighted by Crippen LogP contribution is 2.11. The number of nitrogens with zero attached hydrogens (tertiary/aromatic N) is 1. The number of guanidine groups is 1. The number of amides is 9. The van der Waals surface area contributed by atoms with Crippen LogP contribution in [0, 0.1) is 17.8 Å². The van der Waals surface area contributed by atoms with Crippen LogP contribution in [0.3, 0.4) is 0 Å². The summed E-state index contributed by atoms with van der Waals surface area (Å²) >= 11 is 0. The SMILES string of the molecule is CC(C)C[C@H](NC(=O)[C@H](CCC(N)=O)NC(=O)[C@H](CCC(=O)O)NC(=O)[C@H](C)NC(=O)[C@H](CO)NC(=O)[C@H](CC(C)C)NC(=O)[C@@H](NC(=O)[C@H](C)N)C(C)C)C(=O)N[C@@H](CCCN=C(N)N)C(=O)O. The van der Waals surface area contributed by atoms with Crippen molar-refractivity contribution in [3.8, 4) is 0 Å². The highest BCUT2D eigenvalue weighted by atomic mass is 16.4. The van der Waals surface area contributed by atoms with E-state index in [1.165, 1.54) is 13.8 Å². The molecule has 0 unspecified atom stereocenters. The van der Waals surface area contributed by atoms with Crippen LogP contribution in [0.5, 0.6) is 0 Å². The maximum atomic E-state index is 13.7. The summed E-state index contributed by atoms with van der Waals surface area (Å²) in [7, 11) is 0. The molecule has 9 amide bonds. The minimum Gasteiger partial charge on any atom is -0.481 e. The van der Waals surface area contributed by atoms with Gasteiger partial charge in [-0.1, -0.05) is 41.5 Å². The zero-order valence-electron chi connectivity index (χ0n) is 40.6. The number of carboxylic acids is 2. The van der Waals surface area contributed by atoms with Gasteiger partial charge in [0.1, 0.15) is 48.3 Å². The van der Waals surface area contributed by atoms with E-state index in [-0.39, 0.29) is 50.0 Å². The summed E-state index contributed by atoms with van der Waals surface area (Å²) in [4.78, 5) is 146. The summed E-state index contributed by atoms with van der Waals surface area (Å²) in [6.07, 6.45) is -2.00. The van der Waals surface area contributed by atoms with Crippen LogP contribution in [0.15, 0.2) is 4.99 Å². The molecule has 27 heteroatoms. The molecule has 0 saturated heterocycles. The monoisotopic (exact) mass is 986 g/mol. The molecule has 0 fully saturated rings. The molecule has 0 aromatic carbocycles. The van der Waals surface area contributed by atoms with E-state index >= 15 is 0 Å². The lowest BCUT2D eigenvalue weighted by Gasteiger charge is -2.28. The van der Waals surface area contributed by atoms with Gasteiger partial charge < -0.3 is 80.8 Å². The largest absolute Gasteiger partial charge is 0.481 e. The van der Waals surface area contributed by atoms with Crippen molar-refractivity contribution in [2.45, 2.75) is 161 Å². The predicted octanol–water partition coefficient (Wildman–Crippen LogP) is -4.76. The molecule has 0 heterocycles. The van der Waals surface area contributed by atoms with Gasteiger partial charge in [0.05, 0.1) is 12.6 Å². The van der Waals surface area contributed by atoms with Crippen molar-refractivity contribution in [2.24, 2.45) is 45.7 Å². The highest BCUT2D eigenvalue weighted by Gasteiger charge is 2.35. The zero-order valence-corrected chi connectivity index (χ0v) is 40.6. The number of aliphatic carboxylic acids is 2. The molecule has 0 radical (unpaired) electrons. The molecule has 0 bridgehead atoms. The molecular weight excluding hydrogens is 911 g/mol. The van der Waals surface area contributed by atoms with Crippen molar-refractivity contribution >= 4 is 71.1 Å². The van der Waals surface area contributed by atoms with Crippen molar-refractivity contribution in [1.82, 2.24) is 42.5 Å². The third-order valence-electron chi connectivity index (χ3n) is 10.1. The van der Waals surface area contributed by atoms with Crippen molar-refractivity contribution in [2.75, 3.05) is 13.2 Å². The Morgan fingerprint density at radius 1 is 0.493 bits per heavy atom. The number of aliphatic imine (C=N–C) groups is 1. The zero-order chi connectivity index (χ0) is 53.3. The third-order valence-corrected chi connectivity index (χ3v) is 10.1. The van der Waals surface area contributed by atoms with E-state index in [4.69, 9.17) is 22.9 Å². The molecule has 0 aliphatic rings. The number of nitrogens with one attached hydrogen (secondary N) is 8. The summed E-state index contributed by atoms with van der Waals surface area (Å²) < 4.78 is 0. The Morgan fingerprint density at radius 3 is 1.33 bits per heavy atom. The van der Waals surface area contributed by atoms with E-state index < -0.39 is 158 Å². The number of carbonyl (C=O) groups excluding carboxylic acids is 9. The van der Waals surface area contributed by atoms with Crippen LogP contribution in [0.2, 0.25) is 0 Å². The number of nitrogens with two attached hydrogens (primary N) is 4. The van der Waals surface area contributed by atoms with Crippen molar-refractivity contribution < 1.29 is 68.1 Å². The first-order valence-corrected chi connectivity index (χ1v) is 22.6. The van der Waals surface area contributed by atoms with Crippen LogP contribution in [0.25, 0.3) is 0 Å². The minimum atomic E-state index is -1.69. The first-order chi connectivity index (χ1) is 32.0. The number of hydrogen-bond donors (Lipinski definition) is 15. The smallest absolute Gasteiger partial charge is 0.326 e. The molecule has 69 heavy (non-hydrogen) atoms. The Kier molecular flexibility index (Phi) is 28.4. The summed E-state index contributed by atoms with van der Waals surface area (Å²) in [5.74, 6) is -12.1. The summed E-state index contributed by atoms with van der Waals surface area (Å²) in [6, 6.07) is -12.5. The normalized spacial score (nSPS) is 15.0. The number of aliphatic hydroxyl groups excluding tert-OH is 1. The van der Waals surface area contributed by atoms with Gasteiger partial charge in [0.25, 0.3) is 0 Å². The van der Waals surface area contributed by atoms with Crippen molar-refractivity contribution in [1.29, 1.82) is 0 Å². The second-order valence-electron chi connectivity index (χ2n) is 17.8. The van der Waals surface area contributed by atoms with Crippen LogP contribution >= 0.6 is 0 Å². The Morgan fingerprint density at radius 2 is 0.913 bits per heavy atom. The van der Waals surface area contributed by atoms with Crippen LogP contribution in [0.1, 0.15) is 107 Å². The maximum Gasteiger partial charge on any atom is 0.326 e. The Labute approximate surface area is 401 Å². The van der Waals surface area contributed by atoms with E-state index in [2.05, 4.69) is 47.5 Å². The average Bonchev–Trinajstić information content (AvgIpc) is 3.23. The van der Waals surface area contributed by atoms with Gasteiger partial charge in [-0.3, -0.25) is 52.9 Å². The van der Waals surface area contributed by atoms with Gasteiger partial charge in [0, 0.05) is 19.4 Å². The van der Waals surface area contributed by atoms with Gasteiger partial charge in [-0.2, -0.15) is 0 Å². The molecule has 19 N–H and O–H groups in total. The molecule has 0 aromatic rings. The van der Waals surface area contributed by atoms with Gasteiger partial charge in [-0.25, -0.2) is 4.79 Å². The Hall–Kier alpha value is -6.64. The predicted molar refractivity (Wildman–Crippen MR) is 248 cm³/mol. The molecular formula is C42H75N13O14. The molecule has 0 rings (SSSR count). The minimum absolute atomic E-state index is 0.0140. The molecule has 0 aromatic heterocycles. The second-order valence-corrected chi connectivity index (χ2v) is 17.8. The molecule has 27 nitrogen and oxygen atoms in total. The summed E-state index contributed by atoms with van der Waals surface area (Å²) in [5, 5.41) is 48.4. The number of rotatable bonds is 33. The van der Waals surface area contributed by atoms with Gasteiger partial charge in [0.2, 0.25) is 53.2 Å². The fraction of sp³-hybridized carbons (Fsp3) is 0.714. The number of carboxylic acid groups (broad SMARTS) is 2. The van der Waals surface area contributed by atoms with E-state index in [0.717, 1.165) is 0 Å². The lowest BCUT2D eigenvalue weighted by molar-refractivity contribution is -0.142. The topological polar surface area (TPSA) is 461 Å². The molecule has 0 aliphatic heterocycles. The fourth-order valence-corrected chi connectivity index (χ4v) is 6.30. The van der Waals surface area contributed by atoms with Crippen LogP contribution in [-0.2, 0) is 52.7 Å². The number of aliphatic hydroxyl groups is 1.